The third kappa shape index (κ3) is 4.30. The van der Waals surface area contributed by atoms with E-state index < -0.39 is 0 Å². The van der Waals surface area contributed by atoms with Crippen molar-refractivity contribution in [3.8, 4) is 5.75 Å². The van der Waals surface area contributed by atoms with Gasteiger partial charge in [-0.05, 0) is 59.9 Å². The van der Waals surface area contributed by atoms with Crippen LogP contribution in [0.2, 0.25) is 0 Å². The van der Waals surface area contributed by atoms with Crippen LogP contribution in [0.3, 0.4) is 0 Å². The van der Waals surface area contributed by atoms with E-state index in [1.807, 2.05) is 12.1 Å². The van der Waals surface area contributed by atoms with Crippen molar-refractivity contribution in [2.75, 3.05) is 11.9 Å². The summed E-state index contributed by atoms with van der Waals surface area (Å²) < 4.78 is 8.53. The Balaban J connectivity index is 2.74. The summed E-state index contributed by atoms with van der Waals surface area (Å²) in [5.41, 5.74) is 0. The van der Waals surface area contributed by atoms with Crippen molar-refractivity contribution in [2.45, 2.75) is 4.83 Å². The maximum atomic E-state index is 5.65. The summed E-state index contributed by atoms with van der Waals surface area (Å²) in [5, 5.41) is 0.863. The summed E-state index contributed by atoms with van der Waals surface area (Å²) in [6, 6.07) is 3.87. The molecule has 0 N–H and O–H groups in total. The van der Waals surface area contributed by atoms with Crippen LogP contribution in [0.25, 0.3) is 0 Å². The second kappa shape index (κ2) is 6.99. The third-order valence-electron chi connectivity index (χ3n) is 1.59. The van der Waals surface area contributed by atoms with Crippen LogP contribution in [0.4, 0.5) is 0 Å². The molecule has 0 saturated heterocycles. The van der Waals surface area contributed by atoms with Crippen LogP contribution in [0.5, 0.6) is 5.75 Å². The number of ether oxygens (including phenoxy) is 1. The Morgan fingerprint density at radius 3 is 2.40 bits per heavy atom. The standard InChI is InChI=1S/C9H7Br5O/c10-3-5(11)4-15-7-2-1-6(12)8(13)9(7)14/h1-2,5H,3-4H2. The van der Waals surface area contributed by atoms with Gasteiger partial charge in [-0.15, -0.1) is 0 Å². The first-order valence-electron chi connectivity index (χ1n) is 4.02. The molecule has 0 aliphatic rings. The summed E-state index contributed by atoms with van der Waals surface area (Å²) in [4.78, 5) is 0.312. The van der Waals surface area contributed by atoms with Crippen molar-refractivity contribution < 1.29 is 4.74 Å². The molecule has 0 aliphatic carbocycles. The van der Waals surface area contributed by atoms with Gasteiger partial charge in [-0.1, -0.05) is 31.9 Å². The minimum atomic E-state index is 0.312. The van der Waals surface area contributed by atoms with Gasteiger partial charge in [0.25, 0.3) is 0 Å². The van der Waals surface area contributed by atoms with Crippen LogP contribution in [-0.4, -0.2) is 16.8 Å². The van der Waals surface area contributed by atoms with Crippen LogP contribution >= 0.6 is 79.6 Å². The summed E-state index contributed by atoms with van der Waals surface area (Å²) in [5.74, 6) is 0.829. The van der Waals surface area contributed by atoms with Crippen LogP contribution in [0, 0.1) is 0 Å². The summed E-state index contributed by atoms with van der Waals surface area (Å²) >= 11 is 17.2. The molecule has 0 bridgehead atoms. The van der Waals surface area contributed by atoms with E-state index in [4.69, 9.17) is 4.74 Å². The van der Waals surface area contributed by atoms with Gasteiger partial charge in [-0.3, -0.25) is 0 Å². The van der Waals surface area contributed by atoms with E-state index in [1.165, 1.54) is 0 Å². The fraction of sp³-hybridized carbons (Fsp3) is 0.333. The van der Waals surface area contributed by atoms with Crippen molar-refractivity contribution >= 4 is 79.6 Å². The topological polar surface area (TPSA) is 9.23 Å². The highest BCUT2D eigenvalue weighted by Crippen LogP contribution is 2.37. The van der Waals surface area contributed by atoms with Gasteiger partial charge in [0.2, 0.25) is 0 Å². The molecule has 15 heavy (non-hydrogen) atoms. The minimum Gasteiger partial charge on any atom is -0.491 e. The molecule has 0 heterocycles. The van der Waals surface area contributed by atoms with Gasteiger partial charge < -0.3 is 4.74 Å². The molecule has 84 valence electrons. The van der Waals surface area contributed by atoms with Gasteiger partial charge in [0.1, 0.15) is 12.4 Å². The zero-order valence-electron chi connectivity index (χ0n) is 7.44. The van der Waals surface area contributed by atoms with Gasteiger partial charge >= 0.3 is 0 Å². The van der Waals surface area contributed by atoms with Crippen molar-refractivity contribution in [1.82, 2.24) is 0 Å². The summed E-state index contributed by atoms with van der Waals surface area (Å²) in [6.07, 6.45) is 0. The second-order valence-corrected chi connectivity index (χ2v) is 7.12. The molecule has 1 nitrogen and oxygen atoms in total. The molecule has 0 amide bonds. The number of halogens is 5. The molecule has 0 fully saturated rings. The quantitative estimate of drug-likeness (QED) is 0.369. The first-order chi connectivity index (χ1) is 7.06. The van der Waals surface area contributed by atoms with Crippen LogP contribution in [-0.2, 0) is 0 Å². The van der Waals surface area contributed by atoms with E-state index in [2.05, 4.69) is 79.6 Å². The molecular formula is C9H7Br5O. The Bertz CT molecular complexity index is 342. The lowest BCUT2D eigenvalue weighted by molar-refractivity contribution is 0.323. The maximum Gasteiger partial charge on any atom is 0.134 e. The van der Waals surface area contributed by atoms with Crippen molar-refractivity contribution in [2.24, 2.45) is 0 Å². The Labute approximate surface area is 131 Å². The summed E-state index contributed by atoms with van der Waals surface area (Å²) in [6.45, 7) is 0.623. The average molecular weight is 531 g/mol. The lowest BCUT2D eigenvalue weighted by Gasteiger charge is -2.12. The normalized spacial score (nSPS) is 12.6. The number of hydrogen-bond donors (Lipinski definition) is 0. The maximum absolute atomic E-state index is 5.65. The predicted octanol–water partition coefficient (Wildman–Crippen LogP) is 5.51. The molecule has 1 atom stereocenters. The van der Waals surface area contributed by atoms with E-state index in [-0.39, 0.29) is 0 Å². The first kappa shape index (κ1) is 14.5. The van der Waals surface area contributed by atoms with Crippen molar-refractivity contribution in [3.05, 3.63) is 25.6 Å². The minimum absolute atomic E-state index is 0.312. The molecular weight excluding hydrogens is 524 g/mol. The highest BCUT2D eigenvalue weighted by Gasteiger charge is 2.10. The molecule has 0 spiro atoms. The molecule has 0 radical (unpaired) electrons. The van der Waals surface area contributed by atoms with E-state index in [0.29, 0.717) is 11.4 Å². The lowest BCUT2D eigenvalue weighted by atomic mass is 10.3. The number of benzene rings is 1. The van der Waals surface area contributed by atoms with Crippen LogP contribution in [0.1, 0.15) is 0 Å². The number of rotatable bonds is 4. The lowest BCUT2D eigenvalue weighted by Crippen LogP contribution is -2.12. The highest BCUT2D eigenvalue weighted by molar-refractivity contribution is 9.14. The zero-order valence-corrected chi connectivity index (χ0v) is 15.4. The Morgan fingerprint density at radius 1 is 1.13 bits per heavy atom. The molecule has 1 unspecified atom stereocenters. The highest BCUT2D eigenvalue weighted by atomic mass is 79.9. The van der Waals surface area contributed by atoms with Gasteiger partial charge in [0, 0.05) is 14.3 Å². The first-order valence-corrected chi connectivity index (χ1v) is 8.44. The van der Waals surface area contributed by atoms with Crippen LogP contribution < -0.4 is 4.74 Å². The zero-order chi connectivity index (χ0) is 11.4. The molecule has 1 aromatic rings. The molecule has 1 aromatic carbocycles. The van der Waals surface area contributed by atoms with Gasteiger partial charge in [0.15, 0.2) is 0 Å². The summed E-state index contributed by atoms with van der Waals surface area (Å²) in [7, 11) is 0. The monoisotopic (exact) mass is 526 g/mol. The SMILES string of the molecule is BrCC(Br)COc1ccc(Br)c(Br)c1Br. The van der Waals surface area contributed by atoms with Gasteiger partial charge in [-0.2, -0.15) is 0 Å². The van der Waals surface area contributed by atoms with Gasteiger partial charge in [-0.25, -0.2) is 0 Å². The largest absolute Gasteiger partial charge is 0.491 e. The molecule has 0 saturated carbocycles. The Kier molecular flexibility index (Phi) is 6.75. The predicted molar refractivity (Wildman–Crippen MR) is 81.5 cm³/mol. The fourth-order valence-corrected chi connectivity index (χ4v) is 2.55. The molecule has 0 aliphatic heterocycles. The van der Waals surface area contributed by atoms with E-state index in [9.17, 15) is 0 Å². The van der Waals surface area contributed by atoms with Crippen LogP contribution in [0.15, 0.2) is 25.6 Å². The van der Waals surface area contributed by atoms with Crippen molar-refractivity contribution in [1.29, 1.82) is 0 Å². The number of alkyl halides is 2. The van der Waals surface area contributed by atoms with E-state index in [0.717, 1.165) is 24.5 Å². The van der Waals surface area contributed by atoms with Crippen molar-refractivity contribution in [3.63, 3.8) is 0 Å². The molecule has 0 aromatic heterocycles. The third-order valence-corrected chi connectivity index (χ3v) is 7.16. The Hall–Kier alpha value is 1.42. The molecule has 6 heteroatoms. The molecule has 1 rings (SSSR count). The van der Waals surface area contributed by atoms with Gasteiger partial charge in [0.05, 0.1) is 9.30 Å². The average Bonchev–Trinajstić information content (AvgIpc) is 2.24. The van der Waals surface area contributed by atoms with E-state index in [1.54, 1.807) is 0 Å². The second-order valence-electron chi connectivity index (χ2n) is 2.74. The Morgan fingerprint density at radius 2 is 1.80 bits per heavy atom. The number of hydrogen-bond acceptors (Lipinski definition) is 1. The smallest absolute Gasteiger partial charge is 0.134 e. The van der Waals surface area contributed by atoms with E-state index >= 15 is 0 Å². The fourth-order valence-electron chi connectivity index (χ4n) is 0.844.